The second kappa shape index (κ2) is 8.20. The highest BCUT2D eigenvalue weighted by atomic mass is 32.1. The lowest BCUT2D eigenvalue weighted by Crippen LogP contribution is -2.30. The summed E-state index contributed by atoms with van der Waals surface area (Å²) >= 11 is 4.79. The minimum absolute atomic E-state index is 0.121. The molecule has 0 radical (unpaired) electrons. The fourth-order valence-electron chi connectivity index (χ4n) is 1.86. The van der Waals surface area contributed by atoms with Crippen LogP contribution >= 0.6 is 12.2 Å². The summed E-state index contributed by atoms with van der Waals surface area (Å²) in [4.78, 5) is 19.1. The van der Waals surface area contributed by atoms with Crippen molar-refractivity contribution in [3.63, 3.8) is 0 Å². The summed E-state index contributed by atoms with van der Waals surface area (Å²) in [5.41, 5.74) is 8.87. The lowest BCUT2D eigenvalue weighted by molar-refractivity contribution is 0.0773. The molecular formula is C19H27N3OS. The highest BCUT2D eigenvalue weighted by molar-refractivity contribution is 7.71. The minimum Gasteiger partial charge on any atom is -0.398 e. The van der Waals surface area contributed by atoms with E-state index >= 15 is 0 Å². The third kappa shape index (κ3) is 4.99. The first-order valence-electron chi connectivity index (χ1n) is 7.99. The molecule has 0 fully saturated rings. The number of aromatic amines is 1. The molecule has 2 aromatic rings. The summed E-state index contributed by atoms with van der Waals surface area (Å²) in [6, 6.07) is 7.25. The van der Waals surface area contributed by atoms with Crippen molar-refractivity contribution in [1.29, 1.82) is 0 Å². The van der Waals surface area contributed by atoms with Gasteiger partial charge < -0.3 is 10.7 Å². The summed E-state index contributed by atoms with van der Waals surface area (Å²) in [5, 5.41) is 0. The van der Waals surface area contributed by atoms with Crippen molar-refractivity contribution >= 4 is 23.7 Å². The monoisotopic (exact) mass is 345 g/mol. The van der Waals surface area contributed by atoms with Gasteiger partial charge in [0, 0.05) is 28.6 Å². The van der Waals surface area contributed by atoms with E-state index in [1.165, 1.54) is 0 Å². The Bertz CT molecular complexity index is 763. The molecule has 1 aromatic heterocycles. The van der Waals surface area contributed by atoms with Crippen molar-refractivity contribution in [2.45, 2.75) is 41.5 Å². The van der Waals surface area contributed by atoms with Gasteiger partial charge in [-0.2, -0.15) is 0 Å². The molecule has 0 aliphatic carbocycles. The number of anilines is 1. The van der Waals surface area contributed by atoms with E-state index in [1.807, 2.05) is 39.8 Å². The Morgan fingerprint density at radius 3 is 2.29 bits per heavy atom. The SMILES string of the molecule is CC(C)C(C)(C)C(=O)c1ccccc1N.Cc1cnc(=S)[nH]c1C. The Morgan fingerprint density at radius 1 is 1.25 bits per heavy atom. The maximum absolute atomic E-state index is 12.2. The zero-order valence-electron chi connectivity index (χ0n) is 15.3. The van der Waals surface area contributed by atoms with E-state index in [-0.39, 0.29) is 11.2 Å². The standard InChI is InChI=1S/C13H19NO.C6H8N2S/c1-9(2)13(3,4)12(15)10-7-5-6-8-11(10)14;1-4-3-7-6(9)8-5(4)2/h5-9H,14H2,1-4H3;3H,1-2H3,(H,7,8,9). The molecule has 0 bridgehead atoms. The number of para-hydroxylation sites is 1. The lowest BCUT2D eigenvalue weighted by Gasteiger charge is -2.28. The number of rotatable bonds is 3. The second-order valence-corrected chi connectivity index (χ2v) is 7.18. The van der Waals surface area contributed by atoms with Crippen LogP contribution in [0.3, 0.4) is 0 Å². The fraction of sp³-hybridized carbons (Fsp3) is 0.421. The molecule has 0 saturated heterocycles. The Labute approximate surface area is 149 Å². The number of H-pyrrole nitrogens is 1. The molecule has 1 aromatic carbocycles. The number of ketones is 1. The number of carbonyl (C=O) groups excluding carboxylic acids is 1. The molecule has 0 spiro atoms. The summed E-state index contributed by atoms with van der Waals surface area (Å²) in [6.07, 6.45) is 1.77. The van der Waals surface area contributed by atoms with Crippen LogP contribution < -0.4 is 5.73 Å². The summed E-state index contributed by atoms with van der Waals surface area (Å²) in [6.45, 7) is 12.0. The molecule has 0 unspecified atom stereocenters. The van der Waals surface area contributed by atoms with Crippen molar-refractivity contribution in [2.75, 3.05) is 5.73 Å². The first-order chi connectivity index (χ1) is 11.1. The van der Waals surface area contributed by atoms with Crippen LogP contribution in [0.15, 0.2) is 30.5 Å². The number of benzene rings is 1. The summed E-state index contributed by atoms with van der Waals surface area (Å²) in [5.74, 6) is 0.417. The number of aromatic nitrogens is 2. The molecular weight excluding hydrogens is 318 g/mol. The zero-order chi connectivity index (χ0) is 18.5. The van der Waals surface area contributed by atoms with Gasteiger partial charge in [0.25, 0.3) is 0 Å². The Morgan fingerprint density at radius 2 is 1.83 bits per heavy atom. The van der Waals surface area contributed by atoms with Crippen molar-refractivity contribution < 1.29 is 4.79 Å². The van der Waals surface area contributed by atoms with E-state index in [2.05, 4.69) is 23.8 Å². The van der Waals surface area contributed by atoms with Gasteiger partial charge in [-0.1, -0.05) is 39.8 Å². The predicted octanol–water partition coefficient (Wildman–Crippen LogP) is 4.89. The fourth-order valence-corrected chi connectivity index (χ4v) is 2.06. The average molecular weight is 346 g/mol. The van der Waals surface area contributed by atoms with Crippen molar-refractivity contribution in [3.8, 4) is 0 Å². The molecule has 5 heteroatoms. The number of aryl methyl sites for hydroxylation is 2. The number of nitrogens with zero attached hydrogens (tertiary/aromatic N) is 1. The van der Waals surface area contributed by atoms with Crippen LogP contribution in [0.25, 0.3) is 0 Å². The third-order valence-electron chi connectivity index (χ3n) is 4.50. The van der Waals surface area contributed by atoms with E-state index in [1.54, 1.807) is 18.3 Å². The number of nitrogen functional groups attached to an aromatic ring is 1. The van der Waals surface area contributed by atoms with Crippen LogP contribution in [0.5, 0.6) is 0 Å². The number of Topliss-reactive ketones (excluding diaryl/α,β-unsaturated/α-hetero) is 1. The van der Waals surface area contributed by atoms with Gasteiger partial charge in [0.1, 0.15) is 0 Å². The maximum atomic E-state index is 12.2. The van der Waals surface area contributed by atoms with Crippen LogP contribution in [-0.4, -0.2) is 15.8 Å². The topological polar surface area (TPSA) is 71.8 Å². The minimum atomic E-state index is -0.366. The molecule has 0 amide bonds. The van der Waals surface area contributed by atoms with E-state index in [0.717, 1.165) is 11.3 Å². The third-order valence-corrected chi connectivity index (χ3v) is 4.70. The predicted molar refractivity (Wildman–Crippen MR) is 103 cm³/mol. The van der Waals surface area contributed by atoms with Crippen LogP contribution in [0.2, 0.25) is 0 Å². The van der Waals surface area contributed by atoms with Crippen LogP contribution in [0, 0.1) is 30.0 Å². The van der Waals surface area contributed by atoms with Crippen molar-refractivity contribution in [3.05, 3.63) is 52.1 Å². The van der Waals surface area contributed by atoms with Gasteiger partial charge in [-0.3, -0.25) is 4.79 Å². The maximum Gasteiger partial charge on any atom is 0.196 e. The van der Waals surface area contributed by atoms with Gasteiger partial charge in [0.15, 0.2) is 10.6 Å². The van der Waals surface area contributed by atoms with Gasteiger partial charge in [-0.15, -0.1) is 0 Å². The van der Waals surface area contributed by atoms with E-state index in [4.69, 9.17) is 18.0 Å². The van der Waals surface area contributed by atoms with Gasteiger partial charge in [0.2, 0.25) is 0 Å². The molecule has 0 atom stereocenters. The van der Waals surface area contributed by atoms with Gasteiger partial charge in [-0.05, 0) is 49.7 Å². The number of nitrogens with two attached hydrogens (primary N) is 1. The molecule has 1 heterocycles. The molecule has 130 valence electrons. The number of hydrogen-bond donors (Lipinski definition) is 2. The molecule has 2 rings (SSSR count). The zero-order valence-corrected chi connectivity index (χ0v) is 16.1. The smallest absolute Gasteiger partial charge is 0.196 e. The largest absolute Gasteiger partial charge is 0.398 e. The first-order valence-corrected chi connectivity index (χ1v) is 8.40. The summed E-state index contributed by atoms with van der Waals surface area (Å²) < 4.78 is 0.554. The molecule has 24 heavy (non-hydrogen) atoms. The lowest BCUT2D eigenvalue weighted by atomic mass is 9.75. The van der Waals surface area contributed by atoms with Crippen molar-refractivity contribution in [1.82, 2.24) is 9.97 Å². The molecule has 0 aliphatic heterocycles. The van der Waals surface area contributed by atoms with Gasteiger partial charge >= 0.3 is 0 Å². The van der Waals surface area contributed by atoms with Crippen molar-refractivity contribution in [2.24, 2.45) is 11.3 Å². The van der Waals surface area contributed by atoms with E-state index < -0.39 is 0 Å². The number of carbonyl (C=O) groups is 1. The Kier molecular flexibility index (Phi) is 6.84. The number of nitrogens with one attached hydrogen (secondary N) is 1. The normalized spacial score (nSPS) is 11.0. The summed E-state index contributed by atoms with van der Waals surface area (Å²) in [7, 11) is 0. The molecule has 0 saturated carbocycles. The highest BCUT2D eigenvalue weighted by Crippen LogP contribution is 2.32. The molecule has 4 nitrogen and oxygen atoms in total. The van der Waals surface area contributed by atoms with Crippen LogP contribution in [0.4, 0.5) is 5.69 Å². The quantitative estimate of drug-likeness (QED) is 0.472. The van der Waals surface area contributed by atoms with Gasteiger partial charge in [0.05, 0.1) is 0 Å². The first kappa shape index (κ1) is 20.0. The van der Waals surface area contributed by atoms with Crippen LogP contribution in [0.1, 0.15) is 49.3 Å². The molecule has 0 aliphatic rings. The second-order valence-electron chi connectivity index (χ2n) is 6.79. The highest BCUT2D eigenvalue weighted by Gasteiger charge is 2.32. The van der Waals surface area contributed by atoms with Gasteiger partial charge in [-0.25, -0.2) is 4.98 Å². The Hall–Kier alpha value is -2.01. The van der Waals surface area contributed by atoms with E-state index in [0.29, 0.717) is 21.9 Å². The number of hydrogen-bond acceptors (Lipinski definition) is 4. The molecule has 3 N–H and O–H groups in total. The average Bonchev–Trinajstić information content (AvgIpc) is 2.51. The Balaban J connectivity index is 0.000000272. The van der Waals surface area contributed by atoms with E-state index in [9.17, 15) is 4.79 Å². The van der Waals surface area contributed by atoms with Crippen LogP contribution in [-0.2, 0) is 0 Å².